The molecule has 1 unspecified atom stereocenters. The van der Waals surface area contributed by atoms with E-state index in [4.69, 9.17) is 34.8 Å². The van der Waals surface area contributed by atoms with Crippen molar-refractivity contribution < 1.29 is 4.79 Å². The number of hydrogen-bond acceptors (Lipinski definition) is 3. The summed E-state index contributed by atoms with van der Waals surface area (Å²) in [6.45, 7) is 5.58. The molecule has 1 N–H and O–H groups in total. The van der Waals surface area contributed by atoms with Crippen molar-refractivity contribution >= 4 is 40.7 Å². The Morgan fingerprint density at radius 1 is 1.04 bits per heavy atom. The van der Waals surface area contributed by atoms with Crippen molar-refractivity contribution in [1.29, 1.82) is 5.26 Å². The molecule has 0 heterocycles. The van der Waals surface area contributed by atoms with Crippen LogP contribution in [0.5, 0.6) is 0 Å². The van der Waals surface area contributed by atoms with Crippen LogP contribution in [0.4, 0.5) is 0 Å². The number of hydrazine groups is 1. The molecule has 2 rings (SSSR count). The number of nitriles is 1. The quantitative estimate of drug-likeness (QED) is 0.662. The van der Waals surface area contributed by atoms with Gasteiger partial charge in [0.25, 0.3) is 5.91 Å². The van der Waals surface area contributed by atoms with Crippen molar-refractivity contribution in [1.82, 2.24) is 10.4 Å². The highest BCUT2D eigenvalue weighted by Crippen LogP contribution is 2.24. The first-order valence-electron chi connectivity index (χ1n) is 7.83. The van der Waals surface area contributed by atoms with Crippen LogP contribution < -0.4 is 5.43 Å². The van der Waals surface area contributed by atoms with E-state index >= 15 is 0 Å². The predicted octanol–water partition coefficient (Wildman–Crippen LogP) is 5.66. The fourth-order valence-corrected chi connectivity index (χ4v) is 2.98. The van der Waals surface area contributed by atoms with Crippen molar-refractivity contribution in [3.8, 4) is 6.07 Å². The maximum Gasteiger partial charge on any atom is 0.268 e. The van der Waals surface area contributed by atoms with Crippen molar-refractivity contribution in [2.45, 2.75) is 32.4 Å². The van der Waals surface area contributed by atoms with E-state index in [0.717, 1.165) is 0 Å². The molecule has 0 fully saturated rings. The van der Waals surface area contributed by atoms with E-state index in [1.54, 1.807) is 42.5 Å². The van der Waals surface area contributed by atoms with Crippen molar-refractivity contribution in [2.75, 3.05) is 0 Å². The van der Waals surface area contributed by atoms with Gasteiger partial charge in [0.05, 0.1) is 11.6 Å². The summed E-state index contributed by atoms with van der Waals surface area (Å²) in [5, 5.41) is 12.3. The van der Waals surface area contributed by atoms with E-state index in [-0.39, 0.29) is 5.91 Å². The van der Waals surface area contributed by atoms with Crippen molar-refractivity contribution in [3.63, 3.8) is 0 Å². The Bertz CT molecular complexity index is 818. The first-order chi connectivity index (χ1) is 12.1. The predicted molar refractivity (Wildman–Crippen MR) is 105 cm³/mol. The highest BCUT2D eigenvalue weighted by atomic mass is 35.5. The number of rotatable bonds is 4. The molecular formula is C19H18Cl3N3O. The zero-order valence-electron chi connectivity index (χ0n) is 14.6. The van der Waals surface area contributed by atoms with Gasteiger partial charge in [-0.1, -0.05) is 46.9 Å². The van der Waals surface area contributed by atoms with Gasteiger partial charge in [0.15, 0.2) is 0 Å². The maximum atomic E-state index is 13.0. The molecule has 26 heavy (non-hydrogen) atoms. The molecule has 0 bridgehead atoms. The molecule has 0 aliphatic rings. The van der Waals surface area contributed by atoms with Gasteiger partial charge in [0, 0.05) is 20.6 Å². The van der Waals surface area contributed by atoms with Crippen LogP contribution in [-0.4, -0.2) is 16.5 Å². The summed E-state index contributed by atoms with van der Waals surface area (Å²) in [5.74, 6) is -0.337. The van der Waals surface area contributed by atoms with Crippen LogP contribution in [0, 0.1) is 11.3 Å². The first kappa shape index (κ1) is 20.5. The molecule has 2 aromatic carbocycles. The Hall–Kier alpha value is -1.77. The number of benzene rings is 2. The number of carbonyl (C=O) groups is 1. The molecule has 1 amide bonds. The van der Waals surface area contributed by atoms with Gasteiger partial charge in [-0.25, -0.2) is 5.43 Å². The molecule has 0 aromatic heterocycles. The fourth-order valence-electron chi connectivity index (χ4n) is 2.33. The third kappa shape index (κ3) is 5.12. The molecule has 0 saturated carbocycles. The number of nitrogens with one attached hydrogen (secondary N) is 1. The molecular weight excluding hydrogens is 393 g/mol. The summed E-state index contributed by atoms with van der Waals surface area (Å²) in [6, 6.07) is 13.0. The summed E-state index contributed by atoms with van der Waals surface area (Å²) in [7, 11) is 0. The minimum Gasteiger partial charge on any atom is -0.268 e. The summed E-state index contributed by atoms with van der Waals surface area (Å²) in [4.78, 5) is 13.0. The minimum atomic E-state index is -0.731. The summed E-state index contributed by atoms with van der Waals surface area (Å²) < 4.78 is 0. The molecule has 2 aromatic rings. The van der Waals surface area contributed by atoms with Gasteiger partial charge in [-0.15, -0.1) is 0 Å². The highest BCUT2D eigenvalue weighted by molar-refractivity contribution is 6.35. The van der Waals surface area contributed by atoms with E-state index in [1.165, 1.54) is 5.01 Å². The van der Waals surface area contributed by atoms with E-state index in [2.05, 4.69) is 11.5 Å². The van der Waals surface area contributed by atoms with Gasteiger partial charge < -0.3 is 0 Å². The minimum absolute atomic E-state index is 0.331. The molecule has 0 radical (unpaired) electrons. The molecule has 0 aliphatic carbocycles. The molecule has 0 spiro atoms. The lowest BCUT2D eigenvalue weighted by molar-refractivity contribution is 0.0365. The Balaban J connectivity index is 2.36. The Labute approximate surface area is 168 Å². The maximum absolute atomic E-state index is 13.0. The molecule has 0 saturated heterocycles. The first-order valence-corrected chi connectivity index (χ1v) is 8.97. The summed E-state index contributed by atoms with van der Waals surface area (Å²) in [5.41, 5.74) is 3.43. The third-order valence-corrected chi connectivity index (χ3v) is 4.26. The number of amides is 1. The SMILES string of the molecule is CC(C)(C)N(NC(C#N)c1ccc(Cl)cc1)C(=O)c1cc(Cl)cc(Cl)c1. The molecule has 4 nitrogen and oxygen atoms in total. The van der Waals surface area contributed by atoms with Gasteiger partial charge in [-0.3, -0.25) is 9.80 Å². The van der Waals surface area contributed by atoms with E-state index < -0.39 is 11.6 Å². The van der Waals surface area contributed by atoms with Crippen LogP contribution in [0.15, 0.2) is 42.5 Å². The smallest absolute Gasteiger partial charge is 0.268 e. The van der Waals surface area contributed by atoms with Crippen LogP contribution in [0.25, 0.3) is 0 Å². The van der Waals surface area contributed by atoms with E-state index in [1.807, 2.05) is 20.8 Å². The van der Waals surface area contributed by atoms with Crippen LogP contribution in [-0.2, 0) is 0 Å². The van der Waals surface area contributed by atoms with Gasteiger partial charge in [0.1, 0.15) is 6.04 Å². The number of carbonyl (C=O) groups excluding carboxylic acids is 1. The lowest BCUT2D eigenvalue weighted by Gasteiger charge is -2.37. The molecule has 136 valence electrons. The summed E-state index contributed by atoms with van der Waals surface area (Å²) in [6.07, 6.45) is 0. The van der Waals surface area contributed by atoms with Crippen LogP contribution in [0.2, 0.25) is 15.1 Å². The van der Waals surface area contributed by atoms with Crippen molar-refractivity contribution in [3.05, 3.63) is 68.7 Å². The number of nitrogens with zero attached hydrogens (tertiary/aromatic N) is 2. The van der Waals surface area contributed by atoms with Crippen LogP contribution in [0.3, 0.4) is 0 Å². The topological polar surface area (TPSA) is 56.1 Å². The van der Waals surface area contributed by atoms with Crippen molar-refractivity contribution in [2.24, 2.45) is 0 Å². The van der Waals surface area contributed by atoms with Gasteiger partial charge in [-0.2, -0.15) is 5.26 Å². The van der Waals surface area contributed by atoms with Crippen LogP contribution in [0.1, 0.15) is 42.7 Å². The Kier molecular flexibility index (Phi) is 6.54. The normalized spacial score (nSPS) is 12.3. The largest absolute Gasteiger partial charge is 0.268 e. The monoisotopic (exact) mass is 409 g/mol. The third-order valence-electron chi connectivity index (χ3n) is 3.57. The zero-order valence-corrected chi connectivity index (χ0v) is 16.8. The average Bonchev–Trinajstić information content (AvgIpc) is 2.54. The lowest BCUT2D eigenvalue weighted by Crippen LogP contribution is -2.54. The second-order valence-corrected chi connectivity index (χ2v) is 8.02. The molecule has 0 aliphatic heterocycles. The highest BCUT2D eigenvalue weighted by Gasteiger charge is 2.30. The van der Waals surface area contributed by atoms with Gasteiger partial charge in [0.2, 0.25) is 0 Å². The fraction of sp³-hybridized carbons (Fsp3) is 0.263. The Morgan fingerprint density at radius 3 is 2.04 bits per heavy atom. The van der Waals surface area contributed by atoms with Gasteiger partial charge in [-0.05, 0) is 56.7 Å². The average molecular weight is 411 g/mol. The van der Waals surface area contributed by atoms with E-state index in [9.17, 15) is 10.1 Å². The standard InChI is InChI=1S/C19H18Cl3N3O/c1-19(2,3)25(18(26)13-8-15(21)10-16(22)9-13)24-17(11-23)12-4-6-14(20)7-5-12/h4-10,17,24H,1-3H3. The van der Waals surface area contributed by atoms with Gasteiger partial charge >= 0.3 is 0 Å². The van der Waals surface area contributed by atoms with Crippen LogP contribution >= 0.6 is 34.8 Å². The molecule has 7 heteroatoms. The molecule has 1 atom stereocenters. The second-order valence-electron chi connectivity index (χ2n) is 6.71. The zero-order chi connectivity index (χ0) is 19.5. The lowest BCUT2D eigenvalue weighted by atomic mass is 10.0. The summed E-state index contributed by atoms with van der Waals surface area (Å²) >= 11 is 17.9. The second kappa shape index (κ2) is 8.28. The Morgan fingerprint density at radius 2 is 1.58 bits per heavy atom. The number of hydrogen-bond donors (Lipinski definition) is 1. The van der Waals surface area contributed by atoms with E-state index in [0.29, 0.717) is 26.2 Å². The number of halogens is 3.